The molecule has 0 unspecified atom stereocenters. The number of hydrogen-bond donors (Lipinski definition) is 0. The number of para-hydroxylation sites is 1. The van der Waals surface area contributed by atoms with Crippen molar-refractivity contribution in [3.8, 4) is 11.5 Å². The summed E-state index contributed by atoms with van der Waals surface area (Å²) in [6.45, 7) is 0.547. The summed E-state index contributed by atoms with van der Waals surface area (Å²) in [4.78, 5) is 14.0. The average molecular weight is 390 g/mol. The molecule has 4 nitrogen and oxygen atoms in total. The van der Waals surface area contributed by atoms with Crippen LogP contribution in [-0.2, 0) is 11.3 Å². The highest BCUT2D eigenvalue weighted by molar-refractivity contribution is 9.10. The maximum absolute atomic E-state index is 12.3. The molecule has 1 amide bonds. The Morgan fingerprint density at radius 2 is 1.83 bits per heavy atom. The van der Waals surface area contributed by atoms with Crippen molar-refractivity contribution in [3.63, 3.8) is 0 Å². The van der Waals surface area contributed by atoms with Crippen molar-refractivity contribution in [2.45, 2.75) is 6.54 Å². The summed E-state index contributed by atoms with van der Waals surface area (Å²) in [6, 6.07) is 13.5. The molecule has 0 aliphatic heterocycles. The van der Waals surface area contributed by atoms with Crippen LogP contribution in [0.1, 0.15) is 11.1 Å². The van der Waals surface area contributed by atoms with E-state index in [2.05, 4.69) is 15.9 Å². The molecular formula is C19H20BrNO3. The third-order valence-electron chi connectivity index (χ3n) is 3.55. The summed E-state index contributed by atoms with van der Waals surface area (Å²) in [5.74, 6) is 1.16. The smallest absolute Gasteiger partial charge is 0.246 e. The first kappa shape index (κ1) is 18.1. The minimum atomic E-state index is -0.0807. The lowest BCUT2D eigenvalue weighted by molar-refractivity contribution is -0.125. The highest BCUT2D eigenvalue weighted by Crippen LogP contribution is 2.31. The molecule has 0 aliphatic carbocycles. The Kier molecular flexibility index (Phi) is 6.44. The van der Waals surface area contributed by atoms with Crippen LogP contribution in [0.2, 0.25) is 0 Å². The molecule has 126 valence electrons. The van der Waals surface area contributed by atoms with E-state index in [4.69, 9.17) is 9.47 Å². The van der Waals surface area contributed by atoms with E-state index < -0.39 is 0 Å². The molecule has 0 fully saturated rings. The Bertz CT molecular complexity index is 726. The number of benzene rings is 2. The van der Waals surface area contributed by atoms with Gasteiger partial charge in [-0.1, -0.05) is 40.2 Å². The molecule has 0 bridgehead atoms. The molecular weight excluding hydrogens is 370 g/mol. The van der Waals surface area contributed by atoms with Crippen LogP contribution in [-0.4, -0.2) is 32.1 Å². The first-order chi connectivity index (χ1) is 11.5. The third kappa shape index (κ3) is 4.61. The SMILES string of the molecule is COc1cccc(/C=C/C(=O)N(C)Cc2ccc(Br)cc2)c1OC. The molecule has 2 aromatic carbocycles. The molecule has 0 saturated carbocycles. The lowest BCUT2D eigenvalue weighted by Crippen LogP contribution is -2.24. The van der Waals surface area contributed by atoms with Gasteiger partial charge in [0.1, 0.15) is 0 Å². The molecule has 5 heteroatoms. The van der Waals surface area contributed by atoms with E-state index in [1.165, 1.54) is 6.08 Å². The lowest BCUT2D eigenvalue weighted by atomic mass is 10.1. The van der Waals surface area contributed by atoms with Gasteiger partial charge in [-0.05, 0) is 29.8 Å². The lowest BCUT2D eigenvalue weighted by Gasteiger charge is -2.15. The average Bonchev–Trinajstić information content (AvgIpc) is 2.60. The van der Waals surface area contributed by atoms with Crippen LogP contribution < -0.4 is 9.47 Å². The van der Waals surface area contributed by atoms with Gasteiger partial charge in [0.15, 0.2) is 11.5 Å². The molecule has 0 heterocycles. The molecule has 0 spiro atoms. The van der Waals surface area contributed by atoms with Gasteiger partial charge in [0, 0.05) is 29.7 Å². The van der Waals surface area contributed by atoms with Crippen molar-refractivity contribution in [3.05, 3.63) is 64.1 Å². The summed E-state index contributed by atoms with van der Waals surface area (Å²) in [6.07, 6.45) is 3.28. The van der Waals surface area contributed by atoms with Gasteiger partial charge in [-0.2, -0.15) is 0 Å². The number of hydrogen-bond acceptors (Lipinski definition) is 3. The number of carbonyl (C=O) groups is 1. The maximum Gasteiger partial charge on any atom is 0.246 e. The summed E-state index contributed by atoms with van der Waals surface area (Å²) in [5, 5.41) is 0. The van der Waals surface area contributed by atoms with Crippen LogP contribution >= 0.6 is 15.9 Å². The predicted octanol–water partition coefficient (Wildman–Crippen LogP) is 4.14. The van der Waals surface area contributed by atoms with Gasteiger partial charge in [-0.3, -0.25) is 4.79 Å². The van der Waals surface area contributed by atoms with Crippen molar-refractivity contribution in [2.24, 2.45) is 0 Å². The van der Waals surface area contributed by atoms with Crippen molar-refractivity contribution in [1.82, 2.24) is 4.90 Å². The zero-order valence-corrected chi connectivity index (χ0v) is 15.5. The quantitative estimate of drug-likeness (QED) is 0.696. The van der Waals surface area contributed by atoms with Crippen LogP contribution in [0.5, 0.6) is 11.5 Å². The second-order valence-corrected chi connectivity index (χ2v) is 6.15. The fourth-order valence-corrected chi connectivity index (χ4v) is 2.54. The van der Waals surface area contributed by atoms with E-state index in [1.807, 2.05) is 42.5 Å². The molecule has 0 atom stereocenters. The molecule has 24 heavy (non-hydrogen) atoms. The Hall–Kier alpha value is -2.27. The number of nitrogens with zero attached hydrogens (tertiary/aromatic N) is 1. The van der Waals surface area contributed by atoms with Gasteiger partial charge in [-0.25, -0.2) is 0 Å². The highest BCUT2D eigenvalue weighted by Gasteiger charge is 2.09. The summed E-state index contributed by atoms with van der Waals surface area (Å²) in [5.41, 5.74) is 1.86. The summed E-state index contributed by atoms with van der Waals surface area (Å²) < 4.78 is 11.6. The molecule has 0 aromatic heterocycles. The van der Waals surface area contributed by atoms with E-state index >= 15 is 0 Å². The minimum absolute atomic E-state index is 0.0807. The zero-order chi connectivity index (χ0) is 17.5. The first-order valence-electron chi connectivity index (χ1n) is 7.43. The molecule has 0 radical (unpaired) electrons. The van der Waals surface area contributed by atoms with E-state index in [0.717, 1.165) is 15.6 Å². The van der Waals surface area contributed by atoms with E-state index in [-0.39, 0.29) is 5.91 Å². The normalized spacial score (nSPS) is 10.7. The Morgan fingerprint density at radius 1 is 1.12 bits per heavy atom. The molecule has 0 saturated heterocycles. The van der Waals surface area contributed by atoms with E-state index in [0.29, 0.717) is 18.0 Å². The minimum Gasteiger partial charge on any atom is -0.493 e. The van der Waals surface area contributed by atoms with Gasteiger partial charge in [0.25, 0.3) is 0 Å². The Balaban J connectivity index is 2.08. The first-order valence-corrected chi connectivity index (χ1v) is 8.23. The fraction of sp³-hybridized carbons (Fsp3) is 0.211. The zero-order valence-electron chi connectivity index (χ0n) is 14.0. The summed E-state index contributed by atoms with van der Waals surface area (Å²) in [7, 11) is 4.94. The van der Waals surface area contributed by atoms with Gasteiger partial charge < -0.3 is 14.4 Å². The van der Waals surface area contributed by atoms with Crippen molar-refractivity contribution in [2.75, 3.05) is 21.3 Å². The number of rotatable bonds is 6. The summed E-state index contributed by atoms with van der Waals surface area (Å²) >= 11 is 3.40. The topological polar surface area (TPSA) is 38.8 Å². The standard InChI is InChI=1S/C19H20BrNO3/c1-21(13-14-7-10-16(20)11-8-14)18(22)12-9-15-5-4-6-17(23-2)19(15)24-3/h4-12H,13H2,1-3H3/b12-9+. The van der Waals surface area contributed by atoms with E-state index in [1.54, 1.807) is 32.2 Å². The van der Waals surface area contributed by atoms with Crippen LogP contribution in [0.3, 0.4) is 0 Å². The van der Waals surface area contributed by atoms with Crippen LogP contribution in [0.25, 0.3) is 6.08 Å². The number of carbonyl (C=O) groups excluding carboxylic acids is 1. The molecule has 0 aliphatic rings. The molecule has 0 N–H and O–H groups in total. The second-order valence-electron chi connectivity index (χ2n) is 5.24. The molecule has 2 aromatic rings. The fourth-order valence-electron chi connectivity index (χ4n) is 2.27. The third-order valence-corrected chi connectivity index (χ3v) is 4.08. The largest absolute Gasteiger partial charge is 0.493 e. The van der Waals surface area contributed by atoms with Crippen LogP contribution in [0.4, 0.5) is 0 Å². The van der Waals surface area contributed by atoms with Gasteiger partial charge in [0.2, 0.25) is 5.91 Å². The van der Waals surface area contributed by atoms with E-state index in [9.17, 15) is 4.79 Å². The number of amides is 1. The van der Waals surface area contributed by atoms with Crippen molar-refractivity contribution >= 4 is 27.9 Å². The van der Waals surface area contributed by atoms with Crippen LogP contribution in [0.15, 0.2) is 53.0 Å². The highest BCUT2D eigenvalue weighted by atomic mass is 79.9. The Morgan fingerprint density at radius 3 is 2.46 bits per heavy atom. The number of likely N-dealkylation sites (N-methyl/N-ethyl adjacent to an activating group) is 1. The van der Waals surface area contributed by atoms with Gasteiger partial charge in [-0.15, -0.1) is 0 Å². The maximum atomic E-state index is 12.3. The van der Waals surface area contributed by atoms with Crippen LogP contribution in [0, 0.1) is 0 Å². The number of halogens is 1. The second kappa shape index (κ2) is 8.55. The Labute approximate surface area is 150 Å². The number of ether oxygens (including phenoxy) is 2. The predicted molar refractivity (Wildman–Crippen MR) is 99.2 cm³/mol. The van der Waals surface area contributed by atoms with Gasteiger partial charge >= 0.3 is 0 Å². The number of methoxy groups -OCH3 is 2. The van der Waals surface area contributed by atoms with Gasteiger partial charge in [0.05, 0.1) is 14.2 Å². The van der Waals surface area contributed by atoms with Crippen molar-refractivity contribution in [1.29, 1.82) is 0 Å². The van der Waals surface area contributed by atoms with Crippen molar-refractivity contribution < 1.29 is 14.3 Å². The molecule has 2 rings (SSSR count). The monoisotopic (exact) mass is 389 g/mol.